The minimum Gasteiger partial charge on any atom is -0.490 e. The number of nitrogens with zero attached hydrogens (tertiary/aromatic N) is 2. The van der Waals surface area contributed by atoms with Crippen molar-refractivity contribution in [1.82, 2.24) is 9.55 Å². The summed E-state index contributed by atoms with van der Waals surface area (Å²) in [6.07, 6.45) is 4.52. The SMILES string of the molecule is Cc1nccn1CCCOc1ccccc1F. The number of halogens is 1. The van der Waals surface area contributed by atoms with Crippen molar-refractivity contribution in [3.05, 3.63) is 48.3 Å². The van der Waals surface area contributed by atoms with E-state index in [1.54, 1.807) is 24.4 Å². The largest absolute Gasteiger partial charge is 0.490 e. The van der Waals surface area contributed by atoms with E-state index >= 15 is 0 Å². The van der Waals surface area contributed by atoms with Crippen LogP contribution in [0, 0.1) is 12.7 Å². The van der Waals surface area contributed by atoms with Crippen molar-refractivity contribution in [3.63, 3.8) is 0 Å². The summed E-state index contributed by atoms with van der Waals surface area (Å²) in [5.74, 6) is 0.983. The van der Waals surface area contributed by atoms with Crippen LogP contribution in [0.4, 0.5) is 4.39 Å². The molecule has 90 valence electrons. The Bertz CT molecular complexity index is 482. The number of aromatic nitrogens is 2. The molecule has 1 aromatic heterocycles. The van der Waals surface area contributed by atoms with Crippen LogP contribution in [0.1, 0.15) is 12.2 Å². The topological polar surface area (TPSA) is 27.1 Å². The predicted molar refractivity (Wildman–Crippen MR) is 63.5 cm³/mol. The van der Waals surface area contributed by atoms with Crippen molar-refractivity contribution in [2.24, 2.45) is 0 Å². The third kappa shape index (κ3) is 3.06. The zero-order valence-corrected chi connectivity index (χ0v) is 9.77. The number of aryl methyl sites for hydroxylation is 2. The number of rotatable bonds is 5. The lowest BCUT2D eigenvalue weighted by Crippen LogP contribution is -2.05. The summed E-state index contributed by atoms with van der Waals surface area (Å²) in [7, 11) is 0. The zero-order chi connectivity index (χ0) is 12.1. The van der Waals surface area contributed by atoms with E-state index in [9.17, 15) is 4.39 Å². The van der Waals surface area contributed by atoms with Gasteiger partial charge in [0, 0.05) is 18.9 Å². The van der Waals surface area contributed by atoms with Crippen LogP contribution in [0.15, 0.2) is 36.7 Å². The normalized spacial score (nSPS) is 10.5. The Kier molecular flexibility index (Phi) is 3.75. The van der Waals surface area contributed by atoms with Crippen LogP contribution in [0.5, 0.6) is 5.75 Å². The van der Waals surface area contributed by atoms with Gasteiger partial charge in [0.1, 0.15) is 5.82 Å². The summed E-state index contributed by atoms with van der Waals surface area (Å²) < 4.78 is 20.6. The van der Waals surface area contributed by atoms with Gasteiger partial charge >= 0.3 is 0 Å². The van der Waals surface area contributed by atoms with Gasteiger partial charge in [0.25, 0.3) is 0 Å². The van der Waals surface area contributed by atoms with Gasteiger partial charge in [-0.25, -0.2) is 9.37 Å². The molecule has 0 saturated heterocycles. The minimum absolute atomic E-state index is 0.314. The van der Waals surface area contributed by atoms with E-state index in [0.29, 0.717) is 12.4 Å². The number of hydrogen-bond acceptors (Lipinski definition) is 2. The Morgan fingerprint density at radius 3 is 2.88 bits per heavy atom. The van der Waals surface area contributed by atoms with E-state index < -0.39 is 0 Å². The number of benzene rings is 1. The highest BCUT2D eigenvalue weighted by Gasteiger charge is 2.01. The van der Waals surface area contributed by atoms with E-state index in [1.807, 2.05) is 17.7 Å². The van der Waals surface area contributed by atoms with Gasteiger partial charge in [-0.1, -0.05) is 12.1 Å². The van der Waals surface area contributed by atoms with Crippen LogP contribution in [-0.4, -0.2) is 16.2 Å². The van der Waals surface area contributed by atoms with Gasteiger partial charge in [-0.15, -0.1) is 0 Å². The maximum absolute atomic E-state index is 13.2. The molecule has 1 aromatic carbocycles. The number of ether oxygens (including phenoxy) is 1. The lowest BCUT2D eigenvalue weighted by atomic mass is 10.3. The standard InChI is InChI=1S/C13H15FN2O/c1-11-15-7-9-16(11)8-4-10-17-13-6-3-2-5-12(13)14/h2-3,5-7,9H,4,8,10H2,1H3. The smallest absolute Gasteiger partial charge is 0.165 e. The van der Waals surface area contributed by atoms with Crippen LogP contribution in [0.3, 0.4) is 0 Å². The first-order valence-corrected chi connectivity index (χ1v) is 5.62. The Morgan fingerprint density at radius 2 is 2.18 bits per heavy atom. The van der Waals surface area contributed by atoms with Gasteiger partial charge in [0.15, 0.2) is 11.6 Å². The molecule has 0 fully saturated rings. The Balaban J connectivity index is 1.77. The minimum atomic E-state index is -0.314. The molecule has 0 aliphatic heterocycles. The molecule has 0 radical (unpaired) electrons. The lowest BCUT2D eigenvalue weighted by molar-refractivity contribution is 0.287. The van der Waals surface area contributed by atoms with E-state index in [4.69, 9.17) is 4.74 Å². The van der Waals surface area contributed by atoms with E-state index in [2.05, 4.69) is 4.98 Å². The molecule has 0 atom stereocenters. The van der Waals surface area contributed by atoms with E-state index in [0.717, 1.165) is 18.8 Å². The van der Waals surface area contributed by atoms with Crippen molar-refractivity contribution in [2.75, 3.05) is 6.61 Å². The van der Waals surface area contributed by atoms with Crippen molar-refractivity contribution < 1.29 is 9.13 Å². The van der Waals surface area contributed by atoms with Crippen molar-refractivity contribution in [2.45, 2.75) is 19.9 Å². The Morgan fingerprint density at radius 1 is 1.35 bits per heavy atom. The summed E-state index contributed by atoms with van der Waals surface area (Å²) in [6, 6.07) is 6.45. The van der Waals surface area contributed by atoms with Crippen molar-refractivity contribution >= 4 is 0 Å². The molecule has 0 unspecified atom stereocenters. The zero-order valence-electron chi connectivity index (χ0n) is 9.77. The third-order valence-electron chi connectivity index (χ3n) is 2.56. The van der Waals surface area contributed by atoms with Gasteiger partial charge < -0.3 is 9.30 Å². The van der Waals surface area contributed by atoms with Crippen LogP contribution < -0.4 is 4.74 Å². The molecule has 2 rings (SSSR count). The summed E-state index contributed by atoms with van der Waals surface area (Å²) in [6.45, 7) is 3.29. The molecular weight excluding hydrogens is 219 g/mol. The fourth-order valence-corrected chi connectivity index (χ4v) is 1.62. The summed E-state index contributed by atoms with van der Waals surface area (Å²) in [5, 5.41) is 0. The molecule has 3 nitrogen and oxygen atoms in total. The number of hydrogen-bond donors (Lipinski definition) is 0. The van der Waals surface area contributed by atoms with E-state index in [-0.39, 0.29) is 5.82 Å². The predicted octanol–water partition coefficient (Wildman–Crippen LogP) is 2.80. The molecular formula is C13H15FN2O. The Labute approximate surface area is 99.9 Å². The molecule has 0 saturated carbocycles. The highest BCUT2D eigenvalue weighted by atomic mass is 19.1. The number of imidazole rings is 1. The van der Waals surface area contributed by atoms with Crippen LogP contribution >= 0.6 is 0 Å². The number of para-hydroxylation sites is 1. The Hall–Kier alpha value is -1.84. The van der Waals surface area contributed by atoms with Crippen molar-refractivity contribution in [3.8, 4) is 5.75 Å². The fourth-order valence-electron chi connectivity index (χ4n) is 1.62. The second-order valence-corrected chi connectivity index (χ2v) is 3.80. The summed E-state index contributed by atoms with van der Waals surface area (Å²) >= 11 is 0. The maximum Gasteiger partial charge on any atom is 0.165 e. The molecule has 0 aliphatic carbocycles. The molecule has 0 aliphatic rings. The molecule has 0 spiro atoms. The average molecular weight is 234 g/mol. The second kappa shape index (κ2) is 5.48. The van der Waals surface area contributed by atoms with E-state index in [1.165, 1.54) is 6.07 Å². The summed E-state index contributed by atoms with van der Waals surface area (Å²) in [5.41, 5.74) is 0. The van der Waals surface area contributed by atoms with Gasteiger partial charge in [0.2, 0.25) is 0 Å². The highest BCUT2D eigenvalue weighted by Crippen LogP contribution is 2.15. The average Bonchev–Trinajstić information content (AvgIpc) is 2.73. The first-order valence-electron chi connectivity index (χ1n) is 5.62. The molecule has 0 bridgehead atoms. The highest BCUT2D eigenvalue weighted by molar-refractivity contribution is 5.23. The summed E-state index contributed by atoms with van der Waals surface area (Å²) in [4.78, 5) is 4.13. The van der Waals surface area contributed by atoms with Crippen LogP contribution in [0.2, 0.25) is 0 Å². The second-order valence-electron chi connectivity index (χ2n) is 3.80. The van der Waals surface area contributed by atoms with Gasteiger partial charge in [-0.05, 0) is 25.5 Å². The first kappa shape index (κ1) is 11.6. The lowest BCUT2D eigenvalue weighted by Gasteiger charge is -2.08. The molecule has 0 amide bonds. The fraction of sp³-hybridized carbons (Fsp3) is 0.308. The first-order chi connectivity index (χ1) is 8.27. The third-order valence-corrected chi connectivity index (χ3v) is 2.56. The van der Waals surface area contributed by atoms with Gasteiger partial charge in [-0.2, -0.15) is 0 Å². The molecule has 17 heavy (non-hydrogen) atoms. The van der Waals surface area contributed by atoms with Gasteiger partial charge in [0.05, 0.1) is 6.61 Å². The molecule has 0 N–H and O–H groups in total. The molecule has 4 heteroatoms. The molecule has 2 aromatic rings. The molecule has 1 heterocycles. The van der Waals surface area contributed by atoms with Gasteiger partial charge in [-0.3, -0.25) is 0 Å². The van der Waals surface area contributed by atoms with Crippen LogP contribution in [-0.2, 0) is 6.54 Å². The van der Waals surface area contributed by atoms with Crippen LogP contribution in [0.25, 0.3) is 0 Å². The monoisotopic (exact) mass is 234 g/mol. The van der Waals surface area contributed by atoms with Crippen molar-refractivity contribution in [1.29, 1.82) is 0 Å². The quantitative estimate of drug-likeness (QED) is 0.744. The maximum atomic E-state index is 13.2.